The van der Waals surface area contributed by atoms with E-state index in [2.05, 4.69) is 32.4 Å². The molecule has 5 nitrogen and oxygen atoms in total. The molecule has 1 aromatic heterocycles. The lowest BCUT2D eigenvalue weighted by Gasteiger charge is -2.22. The van der Waals surface area contributed by atoms with Crippen LogP contribution >= 0.6 is 35.3 Å². The van der Waals surface area contributed by atoms with Gasteiger partial charge in [-0.25, -0.2) is 4.99 Å². The van der Waals surface area contributed by atoms with Crippen molar-refractivity contribution in [2.75, 3.05) is 13.1 Å². The molecule has 23 heavy (non-hydrogen) atoms. The average molecular weight is 450 g/mol. The molecule has 0 bridgehead atoms. The Bertz CT molecular complexity index is 472. The second kappa shape index (κ2) is 11.7. The largest absolute Gasteiger partial charge is 0.357 e. The standard InChI is InChI=1S/C16H26N4OS.HI/c1-2-17-16(18-11-14-9-6-10-22-14)19-12-15(21)20-13-7-4-3-5-8-13;/h6,9-10,13H,2-5,7-8,11-12H2,1H3,(H,20,21)(H2,17,18,19);1H. The molecule has 0 saturated heterocycles. The summed E-state index contributed by atoms with van der Waals surface area (Å²) in [5, 5.41) is 11.6. The summed E-state index contributed by atoms with van der Waals surface area (Å²) < 4.78 is 0. The van der Waals surface area contributed by atoms with Crippen LogP contribution in [0.1, 0.15) is 43.9 Å². The Hall–Kier alpha value is -0.830. The maximum atomic E-state index is 12.0. The average Bonchev–Trinajstić information content (AvgIpc) is 3.04. The molecule has 1 aliphatic rings. The van der Waals surface area contributed by atoms with E-state index in [9.17, 15) is 4.79 Å². The number of carbonyl (C=O) groups is 1. The molecule has 7 heteroatoms. The fraction of sp³-hybridized carbons (Fsp3) is 0.625. The number of amides is 1. The lowest BCUT2D eigenvalue weighted by molar-refractivity contribution is -0.120. The van der Waals surface area contributed by atoms with Crippen molar-refractivity contribution in [3.05, 3.63) is 22.4 Å². The van der Waals surface area contributed by atoms with E-state index < -0.39 is 0 Å². The second-order valence-corrected chi connectivity index (χ2v) is 6.56. The summed E-state index contributed by atoms with van der Waals surface area (Å²) in [6.45, 7) is 3.70. The summed E-state index contributed by atoms with van der Waals surface area (Å²) in [5.74, 6) is 0.704. The number of nitrogens with zero attached hydrogens (tertiary/aromatic N) is 1. The molecule has 130 valence electrons. The van der Waals surface area contributed by atoms with Crippen molar-refractivity contribution in [2.45, 2.75) is 51.6 Å². The third-order valence-electron chi connectivity index (χ3n) is 3.71. The van der Waals surface area contributed by atoms with Crippen molar-refractivity contribution in [3.8, 4) is 0 Å². The lowest BCUT2D eigenvalue weighted by Crippen LogP contribution is -2.40. The van der Waals surface area contributed by atoms with Gasteiger partial charge in [-0.2, -0.15) is 0 Å². The molecule has 0 aliphatic heterocycles. The quantitative estimate of drug-likeness (QED) is 0.355. The van der Waals surface area contributed by atoms with E-state index in [4.69, 9.17) is 0 Å². The van der Waals surface area contributed by atoms with Gasteiger partial charge in [0.2, 0.25) is 5.91 Å². The second-order valence-electron chi connectivity index (χ2n) is 5.53. The number of carbonyl (C=O) groups excluding carboxylic acids is 1. The number of halogens is 1. The van der Waals surface area contributed by atoms with Crippen LogP contribution in [0.25, 0.3) is 0 Å². The van der Waals surface area contributed by atoms with Crippen molar-refractivity contribution in [3.63, 3.8) is 0 Å². The minimum Gasteiger partial charge on any atom is -0.357 e. The highest BCUT2D eigenvalue weighted by atomic mass is 127. The summed E-state index contributed by atoms with van der Waals surface area (Å²) in [6.07, 6.45) is 5.94. The number of guanidine groups is 1. The number of thiophene rings is 1. The first-order valence-electron chi connectivity index (χ1n) is 8.12. The molecular formula is C16H27IN4OS. The number of rotatable bonds is 6. The normalized spacial score (nSPS) is 15.6. The van der Waals surface area contributed by atoms with Crippen LogP contribution in [0, 0.1) is 0 Å². The van der Waals surface area contributed by atoms with Gasteiger partial charge < -0.3 is 16.0 Å². The van der Waals surface area contributed by atoms with Gasteiger partial charge in [0.15, 0.2) is 5.96 Å². The number of hydrogen-bond acceptors (Lipinski definition) is 3. The van der Waals surface area contributed by atoms with E-state index in [1.807, 2.05) is 13.0 Å². The molecule has 1 aliphatic carbocycles. The SMILES string of the molecule is CCNC(=NCC(=O)NC1CCCCC1)NCc1cccs1.I. The zero-order chi connectivity index (χ0) is 15.6. The Labute approximate surface area is 159 Å². The molecule has 1 aromatic rings. The third-order valence-corrected chi connectivity index (χ3v) is 4.58. The third kappa shape index (κ3) is 8.01. The van der Waals surface area contributed by atoms with Gasteiger partial charge in [0, 0.05) is 17.5 Å². The van der Waals surface area contributed by atoms with Crippen LogP contribution in [0.5, 0.6) is 0 Å². The summed E-state index contributed by atoms with van der Waals surface area (Å²) in [7, 11) is 0. The van der Waals surface area contributed by atoms with Crippen molar-refractivity contribution in [1.82, 2.24) is 16.0 Å². The molecule has 1 amide bonds. The predicted octanol–water partition coefficient (Wildman–Crippen LogP) is 2.87. The fourth-order valence-corrected chi connectivity index (χ4v) is 3.24. The highest BCUT2D eigenvalue weighted by Gasteiger charge is 2.15. The Morgan fingerprint density at radius 2 is 2.09 bits per heavy atom. The van der Waals surface area contributed by atoms with Crippen LogP contribution in [-0.4, -0.2) is 31.0 Å². The van der Waals surface area contributed by atoms with E-state index in [1.165, 1.54) is 24.1 Å². The van der Waals surface area contributed by atoms with Crippen molar-refractivity contribution < 1.29 is 4.79 Å². The molecule has 1 heterocycles. The Morgan fingerprint density at radius 1 is 1.30 bits per heavy atom. The Morgan fingerprint density at radius 3 is 2.74 bits per heavy atom. The van der Waals surface area contributed by atoms with Crippen molar-refractivity contribution >= 4 is 47.2 Å². The van der Waals surface area contributed by atoms with Gasteiger partial charge in [0.05, 0.1) is 6.54 Å². The smallest absolute Gasteiger partial charge is 0.242 e. The van der Waals surface area contributed by atoms with Gasteiger partial charge in [-0.3, -0.25) is 4.79 Å². The van der Waals surface area contributed by atoms with Crippen LogP contribution in [0.3, 0.4) is 0 Å². The van der Waals surface area contributed by atoms with E-state index in [0.717, 1.165) is 25.9 Å². The molecule has 0 radical (unpaired) electrons. The molecular weight excluding hydrogens is 423 g/mol. The Balaban J connectivity index is 0.00000264. The van der Waals surface area contributed by atoms with Crippen LogP contribution in [0.4, 0.5) is 0 Å². The molecule has 1 fully saturated rings. The fourth-order valence-electron chi connectivity index (χ4n) is 2.60. The van der Waals surface area contributed by atoms with Crippen LogP contribution in [0.2, 0.25) is 0 Å². The van der Waals surface area contributed by atoms with Gasteiger partial charge in [-0.05, 0) is 31.2 Å². The van der Waals surface area contributed by atoms with Crippen molar-refractivity contribution in [1.29, 1.82) is 0 Å². The highest BCUT2D eigenvalue weighted by molar-refractivity contribution is 14.0. The molecule has 0 atom stereocenters. The first-order chi connectivity index (χ1) is 10.8. The van der Waals surface area contributed by atoms with Crippen LogP contribution < -0.4 is 16.0 Å². The Kier molecular flexibility index (Phi) is 10.3. The maximum Gasteiger partial charge on any atom is 0.242 e. The molecule has 0 aromatic carbocycles. The van der Waals surface area contributed by atoms with Crippen LogP contribution in [-0.2, 0) is 11.3 Å². The zero-order valence-corrected chi connectivity index (χ0v) is 16.8. The monoisotopic (exact) mass is 450 g/mol. The van der Waals surface area contributed by atoms with Gasteiger partial charge in [-0.1, -0.05) is 25.3 Å². The predicted molar refractivity (Wildman–Crippen MR) is 108 cm³/mol. The van der Waals surface area contributed by atoms with Crippen molar-refractivity contribution in [2.24, 2.45) is 4.99 Å². The number of hydrogen-bond donors (Lipinski definition) is 3. The molecule has 1 saturated carbocycles. The number of nitrogens with one attached hydrogen (secondary N) is 3. The summed E-state index contributed by atoms with van der Waals surface area (Å²) in [6, 6.07) is 4.46. The minimum atomic E-state index is 0. The minimum absolute atomic E-state index is 0. The topological polar surface area (TPSA) is 65.5 Å². The first kappa shape index (κ1) is 20.2. The molecule has 0 spiro atoms. The molecule has 0 unspecified atom stereocenters. The van der Waals surface area contributed by atoms with E-state index in [1.54, 1.807) is 11.3 Å². The first-order valence-corrected chi connectivity index (χ1v) is 9.00. The molecule has 2 rings (SSSR count). The van der Waals surface area contributed by atoms with Gasteiger partial charge in [0.1, 0.15) is 6.54 Å². The zero-order valence-electron chi connectivity index (χ0n) is 13.6. The maximum absolute atomic E-state index is 12.0. The van der Waals surface area contributed by atoms with E-state index in [0.29, 0.717) is 12.0 Å². The van der Waals surface area contributed by atoms with Crippen LogP contribution in [0.15, 0.2) is 22.5 Å². The van der Waals surface area contributed by atoms with Gasteiger partial charge in [-0.15, -0.1) is 35.3 Å². The van der Waals surface area contributed by atoms with E-state index >= 15 is 0 Å². The lowest BCUT2D eigenvalue weighted by atomic mass is 9.95. The number of aliphatic imine (C=N–C) groups is 1. The molecule has 3 N–H and O–H groups in total. The summed E-state index contributed by atoms with van der Waals surface area (Å²) >= 11 is 1.71. The highest BCUT2D eigenvalue weighted by Crippen LogP contribution is 2.17. The summed E-state index contributed by atoms with van der Waals surface area (Å²) in [4.78, 5) is 17.6. The van der Waals surface area contributed by atoms with Gasteiger partial charge in [0.25, 0.3) is 0 Å². The van der Waals surface area contributed by atoms with E-state index in [-0.39, 0.29) is 36.4 Å². The van der Waals surface area contributed by atoms with Gasteiger partial charge >= 0.3 is 0 Å². The summed E-state index contributed by atoms with van der Waals surface area (Å²) in [5.41, 5.74) is 0.